The molecule has 0 bridgehead atoms. The molecule has 3 aromatic rings. The Morgan fingerprint density at radius 3 is 1.98 bits per heavy atom. The maximum absolute atomic E-state index is 11.2. The van der Waals surface area contributed by atoms with Crippen molar-refractivity contribution in [3.8, 4) is 5.75 Å². The summed E-state index contributed by atoms with van der Waals surface area (Å²) < 4.78 is 70.4. The lowest BCUT2D eigenvalue weighted by atomic mass is 10.0. The SMILES string of the molecule is NC(=O)NC1CC[N+](CCOc2ccc3ccnc(N)c3c2)(c2ccncc2)CC1.O=C(O)C(F)(F)F.O=C(O)C(F)(F)F. The molecule has 0 atom stereocenters. The number of aliphatic carboxylic acids is 2. The van der Waals surface area contributed by atoms with Crippen molar-refractivity contribution in [3.05, 3.63) is 55.0 Å². The Morgan fingerprint density at radius 2 is 1.48 bits per heavy atom. The van der Waals surface area contributed by atoms with E-state index in [1.54, 1.807) is 6.20 Å². The van der Waals surface area contributed by atoms with Crippen LogP contribution in [0, 0.1) is 0 Å². The second-order valence-electron chi connectivity index (χ2n) is 9.34. The monoisotopic (exact) mass is 635 g/mol. The Hall–Kier alpha value is -4.87. The van der Waals surface area contributed by atoms with E-state index < -0.39 is 30.3 Å². The van der Waals surface area contributed by atoms with Crippen molar-refractivity contribution in [1.29, 1.82) is 0 Å². The number of urea groups is 1. The molecule has 1 aliphatic rings. The Morgan fingerprint density at radius 1 is 0.932 bits per heavy atom. The molecule has 0 unspecified atom stereocenters. The first-order valence-electron chi connectivity index (χ1n) is 12.6. The van der Waals surface area contributed by atoms with Crippen molar-refractivity contribution >= 4 is 40.2 Å². The summed E-state index contributed by atoms with van der Waals surface area (Å²) in [4.78, 5) is 37.3. The lowest BCUT2D eigenvalue weighted by Crippen LogP contribution is -2.59. The number of carboxylic acid groups (broad SMARTS) is 2. The third-order valence-corrected chi connectivity index (χ3v) is 6.41. The van der Waals surface area contributed by atoms with Crippen molar-refractivity contribution in [2.24, 2.45) is 5.73 Å². The number of nitrogens with one attached hydrogen (secondary N) is 1. The van der Waals surface area contributed by atoms with Crippen LogP contribution in [-0.4, -0.2) is 82.8 Å². The first kappa shape index (κ1) is 35.3. The molecule has 18 heteroatoms. The predicted octanol–water partition coefficient (Wildman–Crippen LogP) is 3.70. The Bertz CT molecular complexity index is 1390. The molecule has 2 amide bonds. The van der Waals surface area contributed by atoms with E-state index in [9.17, 15) is 31.1 Å². The maximum Gasteiger partial charge on any atom is 0.490 e. The van der Waals surface area contributed by atoms with Gasteiger partial charge in [0.2, 0.25) is 0 Å². The van der Waals surface area contributed by atoms with Gasteiger partial charge in [0, 0.05) is 55.0 Å². The highest BCUT2D eigenvalue weighted by Crippen LogP contribution is 2.29. The topological polar surface area (TPSA) is 191 Å². The molecule has 12 nitrogen and oxygen atoms in total. The maximum atomic E-state index is 11.2. The second kappa shape index (κ2) is 15.0. The van der Waals surface area contributed by atoms with Crippen molar-refractivity contribution in [1.82, 2.24) is 19.8 Å². The molecule has 0 saturated carbocycles. The van der Waals surface area contributed by atoms with E-state index in [-0.39, 0.29) is 6.04 Å². The zero-order valence-corrected chi connectivity index (χ0v) is 22.8. The average molecular weight is 636 g/mol. The molecule has 1 fully saturated rings. The number of nitrogens with zero attached hydrogens (tertiary/aromatic N) is 3. The number of rotatable bonds is 6. The Kier molecular flexibility index (Phi) is 12.1. The number of anilines is 1. The van der Waals surface area contributed by atoms with E-state index in [1.807, 2.05) is 36.7 Å². The number of pyridine rings is 2. The number of nitrogen functional groups attached to an aromatic ring is 1. The number of aromatic nitrogens is 2. The summed E-state index contributed by atoms with van der Waals surface area (Å²) in [5, 5.41) is 19.0. The number of carboxylic acids is 2. The molecule has 3 heterocycles. The first-order valence-corrected chi connectivity index (χ1v) is 12.6. The Balaban J connectivity index is 0.000000402. The van der Waals surface area contributed by atoms with Crippen molar-refractivity contribution < 1.29 is 55.7 Å². The van der Waals surface area contributed by atoms with Gasteiger partial charge in [-0.05, 0) is 23.6 Å². The molecule has 1 saturated heterocycles. The fourth-order valence-electron chi connectivity index (χ4n) is 4.28. The molecule has 4 rings (SSSR count). The van der Waals surface area contributed by atoms with E-state index in [4.69, 9.17) is 36.0 Å². The van der Waals surface area contributed by atoms with E-state index in [2.05, 4.69) is 27.4 Å². The van der Waals surface area contributed by atoms with Gasteiger partial charge in [-0.1, -0.05) is 6.07 Å². The van der Waals surface area contributed by atoms with Crippen molar-refractivity contribution in [2.45, 2.75) is 31.2 Å². The molecule has 0 aliphatic carbocycles. The zero-order chi connectivity index (χ0) is 33.1. The number of alkyl halides is 6. The second-order valence-corrected chi connectivity index (χ2v) is 9.34. The number of likely N-dealkylation sites (tertiary alicyclic amines) is 1. The largest absolute Gasteiger partial charge is 0.490 e. The summed E-state index contributed by atoms with van der Waals surface area (Å²) in [6.45, 7) is 3.16. The van der Waals surface area contributed by atoms with E-state index >= 15 is 0 Å². The van der Waals surface area contributed by atoms with Gasteiger partial charge in [-0.25, -0.2) is 19.4 Å². The van der Waals surface area contributed by atoms with Crippen LogP contribution in [0.25, 0.3) is 10.8 Å². The number of piperidine rings is 1. The summed E-state index contributed by atoms with van der Waals surface area (Å²) in [5.74, 6) is -4.23. The van der Waals surface area contributed by atoms with Crippen LogP contribution in [0.5, 0.6) is 5.75 Å². The normalized spacial score (nSPS) is 18.1. The number of halogens is 6. The van der Waals surface area contributed by atoms with E-state index in [0.717, 1.165) is 53.5 Å². The number of carbonyl (C=O) groups excluding carboxylic acids is 1. The number of quaternary nitrogens is 1. The molecule has 0 radical (unpaired) electrons. The zero-order valence-electron chi connectivity index (χ0n) is 22.8. The van der Waals surface area contributed by atoms with Gasteiger partial charge in [0.1, 0.15) is 30.4 Å². The fourth-order valence-corrected chi connectivity index (χ4v) is 4.28. The molecule has 0 spiro atoms. The highest BCUT2D eigenvalue weighted by atomic mass is 19.4. The minimum absolute atomic E-state index is 0.118. The van der Waals surface area contributed by atoms with Crippen LogP contribution in [0.3, 0.4) is 0 Å². The van der Waals surface area contributed by atoms with Crippen LogP contribution < -0.4 is 26.0 Å². The van der Waals surface area contributed by atoms with Crippen LogP contribution in [0.15, 0.2) is 55.0 Å². The summed E-state index contributed by atoms with van der Waals surface area (Å²) in [7, 11) is 0. The minimum atomic E-state index is -5.08. The van der Waals surface area contributed by atoms with Crippen molar-refractivity contribution in [3.63, 3.8) is 0 Å². The number of hydrogen-bond acceptors (Lipinski definition) is 7. The molecule has 1 aromatic carbocycles. The number of ether oxygens (including phenoxy) is 1. The molecule has 44 heavy (non-hydrogen) atoms. The lowest BCUT2D eigenvalue weighted by molar-refractivity contribution is -0.193. The summed E-state index contributed by atoms with van der Waals surface area (Å²) >= 11 is 0. The third-order valence-electron chi connectivity index (χ3n) is 6.41. The van der Waals surface area contributed by atoms with Gasteiger partial charge < -0.3 is 31.7 Å². The number of primary amides is 1. The van der Waals surface area contributed by atoms with Crippen molar-refractivity contribution in [2.75, 3.05) is 32.0 Å². The summed E-state index contributed by atoms with van der Waals surface area (Å²) in [5.41, 5.74) is 12.5. The van der Waals surface area contributed by atoms with Crippen LogP contribution in [0.4, 0.5) is 42.6 Å². The van der Waals surface area contributed by atoms with Gasteiger partial charge in [-0.2, -0.15) is 26.3 Å². The van der Waals surface area contributed by atoms with Crippen LogP contribution in [0.2, 0.25) is 0 Å². The summed E-state index contributed by atoms with van der Waals surface area (Å²) in [6.07, 6.45) is -3.09. The molecular weight excluding hydrogens is 606 g/mol. The van der Waals surface area contributed by atoms with Crippen LogP contribution >= 0.6 is 0 Å². The van der Waals surface area contributed by atoms with Gasteiger partial charge in [0.25, 0.3) is 0 Å². The number of carbonyl (C=O) groups is 3. The summed E-state index contributed by atoms with van der Waals surface area (Å²) in [6, 6.07) is 11.6. The highest BCUT2D eigenvalue weighted by Gasteiger charge is 2.39. The number of fused-ring (bicyclic) bond motifs is 1. The molecule has 7 N–H and O–H groups in total. The van der Waals surface area contributed by atoms with E-state index in [0.29, 0.717) is 12.4 Å². The predicted molar refractivity (Wildman–Crippen MR) is 145 cm³/mol. The molecule has 240 valence electrons. The van der Waals surface area contributed by atoms with Gasteiger partial charge >= 0.3 is 30.3 Å². The number of benzene rings is 1. The van der Waals surface area contributed by atoms with Gasteiger partial charge in [-0.3, -0.25) is 9.47 Å². The van der Waals surface area contributed by atoms with Crippen LogP contribution in [-0.2, 0) is 9.59 Å². The highest BCUT2D eigenvalue weighted by molar-refractivity contribution is 5.91. The first-order chi connectivity index (χ1) is 20.4. The minimum Gasteiger partial charge on any atom is -0.488 e. The fraction of sp³-hybridized carbons (Fsp3) is 0.346. The Labute approximate surface area is 245 Å². The van der Waals surface area contributed by atoms with Gasteiger partial charge in [-0.15, -0.1) is 0 Å². The lowest BCUT2D eigenvalue weighted by Gasteiger charge is -2.43. The third kappa shape index (κ3) is 10.8. The smallest absolute Gasteiger partial charge is 0.488 e. The average Bonchev–Trinajstić information content (AvgIpc) is 2.94. The molecule has 2 aromatic heterocycles. The number of hydrogen-bond donors (Lipinski definition) is 5. The van der Waals surface area contributed by atoms with Crippen LogP contribution in [0.1, 0.15) is 12.8 Å². The number of nitrogens with two attached hydrogens (primary N) is 2. The molecule has 1 aliphatic heterocycles. The molecular formula is C26H29F6N6O6+. The van der Waals surface area contributed by atoms with E-state index in [1.165, 1.54) is 5.69 Å². The van der Waals surface area contributed by atoms with Gasteiger partial charge in [0.05, 0.1) is 13.1 Å². The standard InChI is InChI=1S/C22H26N6O2.2C2HF3O2/c23-21-20-15-19(2-1-16(20)3-10-26-21)30-14-13-28(18-4-8-25-9-5-18)11-6-17(7-12-28)27-22(24)29;2*3-2(4,5)1(6)7/h1-5,8-10,15,17H,6-7,11-14H2,(H4-,23,24,26,27,29);2*(H,6,7)/p+1. The van der Waals surface area contributed by atoms with Gasteiger partial charge in [0.15, 0.2) is 0 Å². The quantitative estimate of drug-likeness (QED) is 0.199. The number of amides is 2.